The second-order valence-corrected chi connectivity index (χ2v) is 7.51. The van der Waals surface area contributed by atoms with Gasteiger partial charge in [-0.05, 0) is 18.1 Å². The van der Waals surface area contributed by atoms with Crippen LogP contribution in [0.15, 0.2) is 24.7 Å². The number of hydrogen-bond acceptors (Lipinski definition) is 8. The van der Waals surface area contributed by atoms with Crippen LogP contribution in [0.3, 0.4) is 0 Å². The van der Waals surface area contributed by atoms with Crippen molar-refractivity contribution in [3.63, 3.8) is 0 Å². The smallest absolute Gasteiger partial charge is 0.270 e. The second kappa shape index (κ2) is 8.80. The highest BCUT2D eigenvalue weighted by atomic mass is 19.1. The SMILES string of the molecule is N#Cc1cncc([C@@H]2CCON2C(=O)C2CCN(c3ncc(F)c(C(N)=O)n3)CC2F)c1. The van der Waals surface area contributed by atoms with Crippen LogP contribution < -0.4 is 10.6 Å². The Morgan fingerprint density at radius 1 is 1.28 bits per heavy atom. The number of nitriles is 1. The van der Waals surface area contributed by atoms with Gasteiger partial charge in [0.1, 0.15) is 12.2 Å². The summed E-state index contributed by atoms with van der Waals surface area (Å²) in [5, 5.41) is 10.3. The predicted octanol–water partition coefficient (Wildman–Crippen LogP) is 1.05. The topological polar surface area (TPSA) is 138 Å². The number of nitrogens with two attached hydrogens (primary N) is 1. The molecule has 4 rings (SSSR count). The third-order valence-electron chi connectivity index (χ3n) is 5.50. The molecule has 0 saturated carbocycles. The molecule has 2 aromatic heterocycles. The first-order chi connectivity index (χ1) is 15.4. The van der Waals surface area contributed by atoms with Gasteiger partial charge in [0, 0.05) is 25.4 Å². The number of anilines is 1. The molecule has 0 radical (unpaired) electrons. The molecule has 10 nitrogen and oxygen atoms in total. The quantitative estimate of drug-likeness (QED) is 0.740. The average molecular weight is 443 g/mol. The van der Waals surface area contributed by atoms with Crippen molar-refractivity contribution in [2.75, 3.05) is 24.6 Å². The Balaban J connectivity index is 1.47. The lowest BCUT2D eigenvalue weighted by Gasteiger charge is -2.36. The van der Waals surface area contributed by atoms with Crippen molar-refractivity contribution in [1.82, 2.24) is 20.0 Å². The van der Waals surface area contributed by atoms with Crippen molar-refractivity contribution in [3.8, 4) is 6.07 Å². The summed E-state index contributed by atoms with van der Waals surface area (Å²) in [4.78, 5) is 43.0. The van der Waals surface area contributed by atoms with Crippen LogP contribution in [0, 0.1) is 23.1 Å². The molecule has 2 saturated heterocycles. The lowest BCUT2D eigenvalue weighted by atomic mass is 9.93. The number of amides is 2. The maximum absolute atomic E-state index is 15.1. The number of alkyl halides is 1. The number of primary amides is 1. The van der Waals surface area contributed by atoms with Gasteiger partial charge in [-0.15, -0.1) is 0 Å². The number of hydrogen-bond donors (Lipinski definition) is 1. The van der Waals surface area contributed by atoms with E-state index in [2.05, 4.69) is 15.0 Å². The number of pyridine rings is 1. The number of piperidine rings is 1. The largest absolute Gasteiger partial charge is 0.364 e. The van der Waals surface area contributed by atoms with E-state index in [1.54, 1.807) is 12.3 Å². The van der Waals surface area contributed by atoms with Crippen LogP contribution in [-0.4, -0.2) is 57.7 Å². The zero-order valence-electron chi connectivity index (χ0n) is 16.8. The van der Waals surface area contributed by atoms with Crippen LogP contribution in [0.2, 0.25) is 0 Å². The van der Waals surface area contributed by atoms with Crippen molar-refractivity contribution in [3.05, 3.63) is 47.3 Å². The van der Waals surface area contributed by atoms with Crippen LogP contribution in [0.1, 0.15) is 40.5 Å². The van der Waals surface area contributed by atoms with Crippen molar-refractivity contribution in [1.29, 1.82) is 5.26 Å². The molecule has 2 fully saturated rings. The van der Waals surface area contributed by atoms with Crippen LogP contribution in [0.25, 0.3) is 0 Å². The molecule has 0 aromatic carbocycles. The fourth-order valence-electron chi connectivity index (χ4n) is 3.90. The summed E-state index contributed by atoms with van der Waals surface area (Å²) in [6.07, 6.45) is 2.83. The highest BCUT2D eigenvalue weighted by Gasteiger charge is 2.42. The summed E-state index contributed by atoms with van der Waals surface area (Å²) in [5.41, 5.74) is 5.52. The Labute approximate surface area is 181 Å². The van der Waals surface area contributed by atoms with E-state index in [1.807, 2.05) is 6.07 Å². The number of halogens is 2. The molecule has 2 aliphatic heterocycles. The van der Waals surface area contributed by atoms with Crippen LogP contribution >= 0.6 is 0 Å². The van der Waals surface area contributed by atoms with Crippen molar-refractivity contribution in [2.45, 2.75) is 25.1 Å². The lowest BCUT2D eigenvalue weighted by molar-refractivity contribution is -0.184. The summed E-state index contributed by atoms with van der Waals surface area (Å²) in [6, 6.07) is 3.17. The molecule has 0 aliphatic carbocycles. The van der Waals surface area contributed by atoms with E-state index in [4.69, 9.17) is 15.8 Å². The molecule has 3 atom stereocenters. The molecule has 2 aromatic rings. The number of carbonyl (C=O) groups excluding carboxylic acids is 2. The first-order valence-corrected chi connectivity index (χ1v) is 9.91. The fraction of sp³-hybridized carbons (Fsp3) is 0.400. The van der Waals surface area contributed by atoms with Crippen LogP contribution in [0.4, 0.5) is 14.7 Å². The molecule has 32 heavy (non-hydrogen) atoms. The van der Waals surface area contributed by atoms with Gasteiger partial charge < -0.3 is 10.6 Å². The van der Waals surface area contributed by atoms with Gasteiger partial charge in [0.2, 0.25) is 5.95 Å². The zero-order chi connectivity index (χ0) is 22.8. The highest BCUT2D eigenvalue weighted by Crippen LogP contribution is 2.34. The molecular formula is C20H19F2N7O3. The first-order valence-electron chi connectivity index (χ1n) is 9.91. The Morgan fingerprint density at radius 3 is 2.81 bits per heavy atom. The normalized spacial score (nSPS) is 23.1. The molecule has 12 heteroatoms. The maximum Gasteiger partial charge on any atom is 0.270 e. The summed E-state index contributed by atoms with van der Waals surface area (Å²) in [6.45, 7) is 0.275. The monoisotopic (exact) mass is 443 g/mol. The highest BCUT2D eigenvalue weighted by molar-refractivity contribution is 5.91. The van der Waals surface area contributed by atoms with Gasteiger partial charge in [-0.25, -0.2) is 23.8 Å². The molecule has 2 amide bonds. The zero-order valence-corrected chi connectivity index (χ0v) is 16.8. The number of nitrogens with zero attached hydrogens (tertiary/aromatic N) is 6. The van der Waals surface area contributed by atoms with E-state index < -0.39 is 41.5 Å². The van der Waals surface area contributed by atoms with E-state index in [0.717, 1.165) is 6.20 Å². The van der Waals surface area contributed by atoms with E-state index >= 15 is 4.39 Å². The number of rotatable bonds is 4. The van der Waals surface area contributed by atoms with E-state index in [-0.39, 0.29) is 32.1 Å². The number of hydroxylamine groups is 2. The van der Waals surface area contributed by atoms with Crippen LogP contribution in [0.5, 0.6) is 0 Å². The van der Waals surface area contributed by atoms with Gasteiger partial charge in [-0.1, -0.05) is 0 Å². The Morgan fingerprint density at radius 2 is 2.09 bits per heavy atom. The molecule has 4 heterocycles. The van der Waals surface area contributed by atoms with Gasteiger partial charge in [-0.2, -0.15) is 5.26 Å². The predicted molar refractivity (Wildman–Crippen MR) is 105 cm³/mol. The van der Waals surface area contributed by atoms with Gasteiger partial charge in [-0.3, -0.25) is 19.4 Å². The van der Waals surface area contributed by atoms with Gasteiger partial charge in [0.25, 0.3) is 11.8 Å². The van der Waals surface area contributed by atoms with Gasteiger partial charge in [0.15, 0.2) is 11.5 Å². The third-order valence-corrected chi connectivity index (χ3v) is 5.50. The molecule has 0 bridgehead atoms. The Hall–Kier alpha value is -3.72. The lowest BCUT2D eigenvalue weighted by Crippen LogP contribution is -2.49. The molecule has 2 unspecified atom stereocenters. The standard InChI is InChI=1S/C20H19F2N7O3/c21-14-9-26-20(27-17(14)18(24)30)28-3-1-13(15(22)10-28)19(31)29-16(2-4-32-29)12-5-11(6-23)7-25-8-12/h5,7-9,13,15-16H,1-4,10H2,(H2,24,30)/t13?,15?,16-/m0/s1. The minimum Gasteiger partial charge on any atom is -0.364 e. The minimum atomic E-state index is -1.57. The average Bonchev–Trinajstić information content (AvgIpc) is 3.29. The van der Waals surface area contributed by atoms with Gasteiger partial charge in [0.05, 0.1) is 36.9 Å². The molecule has 2 N–H and O–H groups in total. The second-order valence-electron chi connectivity index (χ2n) is 7.51. The van der Waals surface area contributed by atoms with E-state index in [0.29, 0.717) is 17.5 Å². The fourth-order valence-corrected chi connectivity index (χ4v) is 3.90. The van der Waals surface area contributed by atoms with Crippen LogP contribution in [-0.2, 0) is 9.63 Å². The van der Waals surface area contributed by atoms with Crippen molar-refractivity contribution in [2.24, 2.45) is 11.7 Å². The Bertz CT molecular complexity index is 1090. The van der Waals surface area contributed by atoms with Gasteiger partial charge >= 0.3 is 0 Å². The summed E-state index contributed by atoms with van der Waals surface area (Å²) >= 11 is 0. The molecule has 166 valence electrons. The van der Waals surface area contributed by atoms with Crippen molar-refractivity contribution >= 4 is 17.8 Å². The first kappa shape index (κ1) is 21.5. The number of aromatic nitrogens is 3. The van der Waals surface area contributed by atoms with Crippen molar-refractivity contribution < 1.29 is 23.2 Å². The summed E-state index contributed by atoms with van der Waals surface area (Å²) in [5.74, 6) is -3.52. The third kappa shape index (κ3) is 4.06. The maximum atomic E-state index is 15.1. The number of carbonyl (C=O) groups is 2. The molecule has 2 aliphatic rings. The molecular weight excluding hydrogens is 424 g/mol. The summed E-state index contributed by atoms with van der Waals surface area (Å²) < 4.78 is 28.7. The van der Waals surface area contributed by atoms with E-state index in [9.17, 15) is 14.0 Å². The Kier molecular flexibility index (Phi) is 5.91. The minimum absolute atomic E-state index is 0.0385. The van der Waals surface area contributed by atoms with E-state index in [1.165, 1.54) is 16.2 Å². The summed E-state index contributed by atoms with van der Waals surface area (Å²) in [7, 11) is 0. The molecule has 0 spiro atoms.